The van der Waals surface area contributed by atoms with Gasteiger partial charge in [-0.3, -0.25) is 19.3 Å². The van der Waals surface area contributed by atoms with Crippen molar-refractivity contribution in [3.63, 3.8) is 0 Å². The molecule has 0 spiro atoms. The van der Waals surface area contributed by atoms with Crippen LogP contribution in [0.2, 0.25) is 0 Å². The summed E-state index contributed by atoms with van der Waals surface area (Å²) >= 11 is 0. The van der Waals surface area contributed by atoms with Crippen molar-refractivity contribution in [1.29, 1.82) is 0 Å². The predicted octanol–water partition coefficient (Wildman–Crippen LogP) is 3.63. The van der Waals surface area contributed by atoms with Gasteiger partial charge in [-0.2, -0.15) is 5.10 Å². The minimum atomic E-state index is -1.04. The smallest absolute Gasteiger partial charge is 0.276 e. The lowest BCUT2D eigenvalue weighted by Gasteiger charge is -2.10. The lowest BCUT2D eigenvalue weighted by molar-refractivity contribution is 0.0944. The molecule has 2 aromatic heterocycles. The summed E-state index contributed by atoms with van der Waals surface area (Å²) in [5, 5.41) is 9.07. The van der Waals surface area contributed by atoms with E-state index >= 15 is 0 Å². The number of aryl methyl sites for hydroxylation is 1. The molecule has 0 saturated carbocycles. The molecule has 0 saturated heterocycles. The Balaban J connectivity index is 1.78. The van der Waals surface area contributed by atoms with E-state index in [2.05, 4.69) is 20.7 Å². The Bertz CT molecular complexity index is 1080. The first-order valence-corrected chi connectivity index (χ1v) is 9.31. The molecule has 9 heteroatoms. The van der Waals surface area contributed by atoms with Gasteiger partial charge in [0, 0.05) is 24.0 Å². The maximum Gasteiger partial charge on any atom is 0.276 e. The number of amides is 2. The van der Waals surface area contributed by atoms with Crippen LogP contribution in [0.25, 0.3) is 0 Å². The largest absolute Gasteiger partial charge is 0.346 e. The minimum Gasteiger partial charge on any atom is -0.346 e. The van der Waals surface area contributed by atoms with Gasteiger partial charge in [0.1, 0.15) is 11.6 Å². The number of rotatable bonds is 6. The van der Waals surface area contributed by atoms with Crippen molar-refractivity contribution in [3.8, 4) is 0 Å². The molecule has 1 aromatic carbocycles. The maximum atomic E-state index is 14.2. The van der Waals surface area contributed by atoms with Crippen molar-refractivity contribution in [2.45, 2.75) is 33.4 Å². The molecule has 30 heavy (non-hydrogen) atoms. The summed E-state index contributed by atoms with van der Waals surface area (Å²) in [4.78, 5) is 28.9. The van der Waals surface area contributed by atoms with Crippen LogP contribution in [0.3, 0.4) is 0 Å². The summed E-state index contributed by atoms with van der Waals surface area (Å²) in [5.41, 5.74) is 0.723. The number of pyridine rings is 1. The second-order valence-electron chi connectivity index (χ2n) is 6.98. The quantitative estimate of drug-likeness (QED) is 0.646. The fourth-order valence-electron chi connectivity index (χ4n) is 2.90. The maximum absolute atomic E-state index is 14.2. The SMILES string of the molecule is Cc1cc(C(=O)Nc2cc(C(=O)NCc3ccccn3)c(F)cc2F)nn1C(C)C. The van der Waals surface area contributed by atoms with Crippen LogP contribution in [0.5, 0.6) is 0 Å². The molecule has 0 radical (unpaired) electrons. The second-order valence-corrected chi connectivity index (χ2v) is 6.98. The zero-order valence-electron chi connectivity index (χ0n) is 16.7. The number of carbonyl (C=O) groups is 2. The van der Waals surface area contributed by atoms with E-state index in [-0.39, 0.29) is 24.0 Å². The number of nitrogens with one attached hydrogen (secondary N) is 2. The minimum absolute atomic E-state index is 0.0449. The molecule has 2 heterocycles. The van der Waals surface area contributed by atoms with E-state index in [1.54, 1.807) is 42.1 Å². The number of hydrogen-bond acceptors (Lipinski definition) is 4. The molecule has 0 fully saturated rings. The van der Waals surface area contributed by atoms with Gasteiger partial charge < -0.3 is 10.6 Å². The van der Waals surface area contributed by atoms with Crippen LogP contribution in [-0.2, 0) is 6.54 Å². The Morgan fingerprint density at radius 1 is 1.10 bits per heavy atom. The van der Waals surface area contributed by atoms with Crippen LogP contribution >= 0.6 is 0 Å². The number of nitrogens with zero attached hydrogens (tertiary/aromatic N) is 3. The van der Waals surface area contributed by atoms with E-state index in [9.17, 15) is 18.4 Å². The Kier molecular flexibility index (Phi) is 6.20. The number of carbonyl (C=O) groups excluding carboxylic acids is 2. The van der Waals surface area contributed by atoms with E-state index in [4.69, 9.17) is 0 Å². The van der Waals surface area contributed by atoms with Gasteiger partial charge in [0.2, 0.25) is 0 Å². The average Bonchev–Trinajstić information content (AvgIpc) is 3.11. The van der Waals surface area contributed by atoms with Crippen LogP contribution in [0.4, 0.5) is 14.5 Å². The summed E-state index contributed by atoms with van der Waals surface area (Å²) in [7, 11) is 0. The van der Waals surface area contributed by atoms with Crippen molar-refractivity contribution in [2.75, 3.05) is 5.32 Å². The van der Waals surface area contributed by atoms with E-state index in [0.717, 1.165) is 11.8 Å². The van der Waals surface area contributed by atoms with Crippen molar-refractivity contribution in [3.05, 3.63) is 76.9 Å². The molecule has 0 aliphatic rings. The highest BCUT2D eigenvalue weighted by molar-refractivity contribution is 6.04. The molecule has 0 atom stereocenters. The monoisotopic (exact) mass is 413 g/mol. The molecule has 0 bridgehead atoms. The van der Waals surface area contributed by atoms with Crippen LogP contribution in [0.15, 0.2) is 42.6 Å². The lowest BCUT2D eigenvalue weighted by atomic mass is 10.1. The van der Waals surface area contributed by atoms with Crippen molar-refractivity contribution >= 4 is 17.5 Å². The highest BCUT2D eigenvalue weighted by Crippen LogP contribution is 2.21. The fraction of sp³-hybridized carbons (Fsp3) is 0.238. The summed E-state index contributed by atoms with van der Waals surface area (Å²) < 4.78 is 30.0. The molecule has 0 aliphatic heterocycles. The molecular weight excluding hydrogens is 392 g/mol. The van der Waals surface area contributed by atoms with E-state index in [1.165, 1.54) is 0 Å². The van der Waals surface area contributed by atoms with Gasteiger partial charge >= 0.3 is 0 Å². The van der Waals surface area contributed by atoms with E-state index in [1.807, 2.05) is 13.8 Å². The van der Waals surface area contributed by atoms with Gasteiger partial charge in [0.15, 0.2) is 5.69 Å². The van der Waals surface area contributed by atoms with Gasteiger partial charge in [-0.25, -0.2) is 8.78 Å². The van der Waals surface area contributed by atoms with Crippen molar-refractivity contribution in [2.24, 2.45) is 0 Å². The highest BCUT2D eigenvalue weighted by Gasteiger charge is 2.20. The normalized spacial score (nSPS) is 10.9. The van der Waals surface area contributed by atoms with Gasteiger partial charge in [0.25, 0.3) is 11.8 Å². The summed E-state index contributed by atoms with van der Waals surface area (Å²) in [5.74, 6) is -3.46. The summed E-state index contributed by atoms with van der Waals surface area (Å²) in [6.07, 6.45) is 1.57. The first-order valence-electron chi connectivity index (χ1n) is 9.31. The molecule has 0 aliphatic carbocycles. The zero-order chi connectivity index (χ0) is 21.8. The second kappa shape index (κ2) is 8.81. The first kappa shape index (κ1) is 21.1. The number of aromatic nitrogens is 3. The standard InChI is InChI=1S/C21H21F2N5O2/c1-12(2)28-13(3)8-19(27-28)21(30)26-18-9-15(16(22)10-17(18)23)20(29)25-11-14-6-4-5-7-24-14/h4-10,12H,11H2,1-3H3,(H,25,29)(H,26,30). The number of anilines is 1. The van der Waals surface area contributed by atoms with E-state index < -0.39 is 29.0 Å². The Morgan fingerprint density at radius 2 is 1.87 bits per heavy atom. The first-order chi connectivity index (χ1) is 14.3. The summed E-state index contributed by atoms with van der Waals surface area (Å²) in [6.45, 7) is 5.70. The Hall–Kier alpha value is -3.62. The summed E-state index contributed by atoms with van der Waals surface area (Å²) in [6, 6.07) is 8.31. The van der Waals surface area contributed by atoms with Crippen LogP contribution in [0.1, 0.15) is 52.1 Å². The molecule has 3 aromatic rings. The lowest BCUT2D eigenvalue weighted by Crippen LogP contribution is -2.25. The van der Waals surface area contributed by atoms with Gasteiger partial charge in [-0.15, -0.1) is 0 Å². The predicted molar refractivity (Wildman–Crippen MR) is 107 cm³/mol. The highest BCUT2D eigenvalue weighted by atomic mass is 19.1. The molecule has 156 valence electrons. The molecule has 2 amide bonds. The number of benzene rings is 1. The molecule has 7 nitrogen and oxygen atoms in total. The number of hydrogen-bond donors (Lipinski definition) is 2. The van der Waals surface area contributed by atoms with Gasteiger partial charge in [-0.05, 0) is 45.0 Å². The third-order valence-corrected chi connectivity index (χ3v) is 4.35. The number of halogens is 2. The molecule has 0 unspecified atom stereocenters. The van der Waals surface area contributed by atoms with Crippen LogP contribution in [0, 0.1) is 18.6 Å². The average molecular weight is 413 g/mol. The third-order valence-electron chi connectivity index (χ3n) is 4.35. The van der Waals surface area contributed by atoms with E-state index in [0.29, 0.717) is 11.8 Å². The zero-order valence-corrected chi connectivity index (χ0v) is 16.7. The topological polar surface area (TPSA) is 88.9 Å². The van der Waals surface area contributed by atoms with Gasteiger partial charge in [0.05, 0.1) is 23.5 Å². The van der Waals surface area contributed by atoms with Crippen LogP contribution in [-0.4, -0.2) is 26.6 Å². The molecule has 3 rings (SSSR count). The Labute approximate surface area is 172 Å². The molecule has 2 N–H and O–H groups in total. The van der Waals surface area contributed by atoms with Crippen LogP contribution < -0.4 is 10.6 Å². The molecular formula is C21H21F2N5O2. The Morgan fingerprint density at radius 3 is 2.50 bits per heavy atom. The third kappa shape index (κ3) is 4.68. The fourth-order valence-corrected chi connectivity index (χ4v) is 2.90. The van der Waals surface area contributed by atoms with Crippen molar-refractivity contribution in [1.82, 2.24) is 20.1 Å². The van der Waals surface area contributed by atoms with Gasteiger partial charge in [-0.1, -0.05) is 6.07 Å². The van der Waals surface area contributed by atoms with Crippen molar-refractivity contribution < 1.29 is 18.4 Å².